The molecule has 0 radical (unpaired) electrons. The number of rotatable bonds is 5. The number of hydrogen-bond acceptors (Lipinski definition) is 2. The van der Waals surface area contributed by atoms with Gasteiger partial charge in [-0.2, -0.15) is 0 Å². The fourth-order valence-corrected chi connectivity index (χ4v) is 2.99. The summed E-state index contributed by atoms with van der Waals surface area (Å²) < 4.78 is 0. The van der Waals surface area contributed by atoms with Crippen LogP contribution in [0.1, 0.15) is 61.7 Å². The van der Waals surface area contributed by atoms with E-state index in [2.05, 4.69) is 26.1 Å². The summed E-state index contributed by atoms with van der Waals surface area (Å²) in [4.78, 5) is 15.2. The second kappa shape index (κ2) is 6.04. The molecule has 0 unspecified atom stereocenters. The van der Waals surface area contributed by atoms with Crippen molar-refractivity contribution < 1.29 is 0 Å². The molecule has 0 amide bonds. The lowest BCUT2D eigenvalue weighted by molar-refractivity contribution is 0.437. The van der Waals surface area contributed by atoms with Gasteiger partial charge in [-0.1, -0.05) is 19.3 Å². The summed E-state index contributed by atoms with van der Waals surface area (Å²) in [5.74, 6) is 1.86. The normalized spacial score (nSPS) is 16.8. The first-order chi connectivity index (χ1) is 9.42. The van der Waals surface area contributed by atoms with Crippen LogP contribution in [0.3, 0.4) is 0 Å². The van der Waals surface area contributed by atoms with E-state index in [0.717, 1.165) is 31.0 Å². The largest absolute Gasteiger partial charge is 0.348 e. The van der Waals surface area contributed by atoms with Crippen LogP contribution in [0.4, 0.5) is 0 Å². The predicted molar refractivity (Wildman–Crippen MR) is 75.0 cm³/mol. The first-order valence-electron chi connectivity index (χ1n) is 7.43. The molecule has 0 atom stereocenters. The number of nitrogens with one attached hydrogen (secondary N) is 2. The van der Waals surface area contributed by atoms with E-state index >= 15 is 0 Å². The smallest absolute Gasteiger partial charge is 0.106 e. The highest BCUT2D eigenvalue weighted by Gasteiger charge is 2.17. The molecule has 0 saturated heterocycles. The first kappa shape index (κ1) is 12.5. The van der Waals surface area contributed by atoms with Crippen LogP contribution in [-0.4, -0.2) is 19.9 Å². The van der Waals surface area contributed by atoms with Gasteiger partial charge in [-0.05, 0) is 25.7 Å². The molecule has 2 aromatic heterocycles. The van der Waals surface area contributed by atoms with E-state index in [1.807, 2.05) is 6.20 Å². The monoisotopic (exact) mass is 258 g/mol. The fraction of sp³-hybridized carbons (Fsp3) is 0.600. The molecule has 2 heterocycles. The summed E-state index contributed by atoms with van der Waals surface area (Å²) in [6, 6.07) is 0. The van der Waals surface area contributed by atoms with Crippen molar-refractivity contribution in [2.24, 2.45) is 0 Å². The molecule has 1 aliphatic carbocycles. The zero-order chi connectivity index (χ0) is 12.9. The number of nitrogens with zero attached hydrogens (tertiary/aromatic N) is 2. The maximum atomic E-state index is 4.53. The van der Waals surface area contributed by atoms with Gasteiger partial charge in [-0.3, -0.25) is 0 Å². The standard InChI is InChI=1S/C15H22N4/c1-2-5-12(6-3-1)14-10-17-15(19-14)8-4-7-13-9-16-11-18-13/h9-12H,1-8H2,(H,16,18)(H,17,19). The molecule has 2 aromatic rings. The Hall–Kier alpha value is -1.58. The van der Waals surface area contributed by atoms with Gasteiger partial charge in [0.25, 0.3) is 0 Å². The van der Waals surface area contributed by atoms with Crippen molar-refractivity contribution in [3.63, 3.8) is 0 Å². The minimum Gasteiger partial charge on any atom is -0.348 e. The Balaban J connectivity index is 1.50. The highest BCUT2D eigenvalue weighted by Crippen LogP contribution is 2.31. The van der Waals surface area contributed by atoms with E-state index in [4.69, 9.17) is 0 Å². The number of aromatic amines is 2. The van der Waals surface area contributed by atoms with Crippen LogP contribution >= 0.6 is 0 Å². The molecule has 2 N–H and O–H groups in total. The van der Waals surface area contributed by atoms with Crippen LogP contribution in [0.25, 0.3) is 0 Å². The highest BCUT2D eigenvalue weighted by atomic mass is 14.9. The van der Waals surface area contributed by atoms with Gasteiger partial charge in [-0.15, -0.1) is 0 Å². The average molecular weight is 258 g/mol. The van der Waals surface area contributed by atoms with Crippen LogP contribution in [0.15, 0.2) is 18.7 Å². The molecule has 4 heteroatoms. The van der Waals surface area contributed by atoms with Crippen molar-refractivity contribution in [3.8, 4) is 0 Å². The van der Waals surface area contributed by atoms with Crippen LogP contribution in [0.2, 0.25) is 0 Å². The molecular weight excluding hydrogens is 236 g/mol. The Bertz CT molecular complexity index is 480. The lowest BCUT2D eigenvalue weighted by Gasteiger charge is -2.19. The molecule has 19 heavy (non-hydrogen) atoms. The Kier molecular flexibility index (Phi) is 3.96. The van der Waals surface area contributed by atoms with Crippen LogP contribution in [0, 0.1) is 0 Å². The number of aryl methyl sites for hydroxylation is 2. The molecule has 1 fully saturated rings. The number of H-pyrrole nitrogens is 2. The average Bonchev–Trinajstić information content (AvgIpc) is 3.11. The zero-order valence-electron chi connectivity index (χ0n) is 11.4. The van der Waals surface area contributed by atoms with Crippen LogP contribution < -0.4 is 0 Å². The maximum Gasteiger partial charge on any atom is 0.106 e. The van der Waals surface area contributed by atoms with Gasteiger partial charge in [0, 0.05) is 36.1 Å². The molecular formula is C15H22N4. The Labute approximate surface area is 114 Å². The summed E-state index contributed by atoms with van der Waals surface area (Å²) in [6.45, 7) is 0. The SMILES string of the molecule is c1ncc(CCCc2ncc(C3CCCCC3)[nH]2)[nH]1. The van der Waals surface area contributed by atoms with Crippen LogP contribution in [0.5, 0.6) is 0 Å². The molecule has 0 aromatic carbocycles. The zero-order valence-corrected chi connectivity index (χ0v) is 11.4. The van der Waals surface area contributed by atoms with Gasteiger partial charge in [0.05, 0.1) is 6.33 Å². The van der Waals surface area contributed by atoms with Gasteiger partial charge >= 0.3 is 0 Å². The summed E-state index contributed by atoms with van der Waals surface area (Å²) in [5.41, 5.74) is 2.57. The van der Waals surface area contributed by atoms with Gasteiger partial charge in [-0.25, -0.2) is 9.97 Å². The van der Waals surface area contributed by atoms with E-state index in [1.54, 1.807) is 6.33 Å². The summed E-state index contributed by atoms with van der Waals surface area (Å²) in [7, 11) is 0. The van der Waals surface area contributed by atoms with Crippen molar-refractivity contribution in [2.75, 3.05) is 0 Å². The summed E-state index contributed by atoms with van der Waals surface area (Å²) >= 11 is 0. The van der Waals surface area contributed by atoms with E-state index in [9.17, 15) is 0 Å². The van der Waals surface area contributed by atoms with Crippen molar-refractivity contribution >= 4 is 0 Å². The lowest BCUT2D eigenvalue weighted by Crippen LogP contribution is -2.04. The topological polar surface area (TPSA) is 57.4 Å². The molecule has 4 nitrogen and oxygen atoms in total. The molecule has 1 saturated carbocycles. The predicted octanol–water partition coefficient (Wildman–Crippen LogP) is 3.36. The molecule has 0 bridgehead atoms. The fourth-order valence-electron chi connectivity index (χ4n) is 2.99. The van der Waals surface area contributed by atoms with E-state index in [-0.39, 0.29) is 0 Å². The molecule has 0 spiro atoms. The Morgan fingerprint density at radius 1 is 1.11 bits per heavy atom. The summed E-state index contributed by atoms with van der Waals surface area (Å²) in [6.07, 6.45) is 15.7. The lowest BCUT2D eigenvalue weighted by atomic mass is 9.87. The third kappa shape index (κ3) is 3.25. The van der Waals surface area contributed by atoms with E-state index < -0.39 is 0 Å². The van der Waals surface area contributed by atoms with Gasteiger partial charge in [0.15, 0.2) is 0 Å². The molecule has 102 valence electrons. The quantitative estimate of drug-likeness (QED) is 0.864. The Morgan fingerprint density at radius 3 is 2.79 bits per heavy atom. The molecule has 3 rings (SSSR count). The van der Waals surface area contributed by atoms with Gasteiger partial charge in [0.1, 0.15) is 5.82 Å². The van der Waals surface area contributed by atoms with Gasteiger partial charge < -0.3 is 9.97 Å². The molecule has 0 aliphatic heterocycles. The molecule has 1 aliphatic rings. The third-order valence-electron chi connectivity index (χ3n) is 4.11. The van der Waals surface area contributed by atoms with Crippen molar-refractivity contribution in [2.45, 2.75) is 57.3 Å². The first-order valence-corrected chi connectivity index (χ1v) is 7.43. The Morgan fingerprint density at radius 2 is 2.00 bits per heavy atom. The minimum absolute atomic E-state index is 0.725. The highest BCUT2D eigenvalue weighted by molar-refractivity contribution is 5.08. The van der Waals surface area contributed by atoms with E-state index in [0.29, 0.717) is 0 Å². The van der Waals surface area contributed by atoms with Crippen molar-refractivity contribution in [3.05, 3.63) is 35.9 Å². The number of aromatic nitrogens is 4. The van der Waals surface area contributed by atoms with Gasteiger partial charge in [0.2, 0.25) is 0 Å². The van der Waals surface area contributed by atoms with Crippen molar-refractivity contribution in [1.29, 1.82) is 0 Å². The van der Waals surface area contributed by atoms with Crippen LogP contribution in [-0.2, 0) is 12.8 Å². The number of imidazole rings is 2. The number of hydrogen-bond donors (Lipinski definition) is 2. The second-order valence-electron chi connectivity index (χ2n) is 5.55. The third-order valence-corrected chi connectivity index (χ3v) is 4.11. The second-order valence-corrected chi connectivity index (χ2v) is 5.55. The maximum absolute atomic E-state index is 4.53. The van der Waals surface area contributed by atoms with Crippen molar-refractivity contribution in [1.82, 2.24) is 19.9 Å². The minimum atomic E-state index is 0.725. The summed E-state index contributed by atoms with van der Waals surface area (Å²) in [5, 5.41) is 0. The van der Waals surface area contributed by atoms with E-state index in [1.165, 1.54) is 43.5 Å².